The first-order chi connectivity index (χ1) is 17.9. The summed E-state index contributed by atoms with van der Waals surface area (Å²) in [6.07, 6.45) is -2.15. The Hall–Kier alpha value is -2.85. The molecular weight excluding hydrogens is 523 g/mol. The van der Waals surface area contributed by atoms with Crippen molar-refractivity contribution in [1.82, 2.24) is 14.8 Å². The predicted octanol–water partition coefficient (Wildman–Crippen LogP) is 4.53. The molecule has 1 aliphatic carbocycles. The van der Waals surface area contributed by atoms with Gasteiger partial charge in [-0.05, 0) is 49.5 Å². The van der Waals surface area contributed by atoms with Gasteiger partial charge in [-0.15, -0.1) is 0 Å². The Bertz CT molecular complexity index is 1160. The minimum absolute atomic E-state index is 0.0801. The summed E-state index contributed by atoms with van der Waals surface area (Å²) in [5.74, 6) is -0.0500. The summed E-state index contributed by atoms with van der Waals surface area (Å²) in [6.45, 7) is 0.780. The van der Waals surface area contributed by atoms with Crippen LogP contribution in [-0.2, 0) is 10.4 Å². The van der Waals surface area contributed by atoms with Crippen LogP contribution < -0.4 is 4.74 Å². The van der Waals surface area contributed by atoms with Gasteiger partial charge in [0.25, 0.3) is 17.4 Å². The van der Waals surface area contributed by atoms with E-state index in [-0.39, 0.29) is 24.1 Å². The number of aliphatic hydroxyl groups is 1. The fourth-order valence-electron chi connectivity index (χ4n) is 5.24. The zero-order chi connectivity index (χ0) is 27.7. The summed E-state index contributed by atoms with van der Waals surface area (Å²) in [5, 5.41) is 10.7. The topological polar surface area (TPSA) is 83.0 Å². The van der Waals surface area contributed by atoms with Crippen LogP contribution >= 0.6 is 11.6 Å². The molecule has 2 fully saturated rings. The van der Waals surface area contributed by atoms with Crippen LogP contribution in [0.15, 0.2) is 42.5 Å². The maximum atomic E-state index is 13.9. The van der Waals surface area contributed by atoms with E-state index in [0.29, 0.717) is 48.6 Å². The number of aromatic nitrogens is 1. The van der Waals surface area contributed by atoms with Gasteiger partial charge in [0.15, 0.2) is 0 Å². The highest BCUT2D eigenvalue weighted by Gasteiger charge is 2.62. The molecule has 1 saturated heterocycles. The zero-order valence-corrected chi connectivity index (χ0v) is 22.0. The van der Waals surface area contributed by atoms with Crippen molar-refractivity contribution in [2.75, 3.05) is 33.8 Å². The Morgan fingerprint density at radius 1 is 1.13 bits per heavy atom. The third kappa shape index (κ3) is 5.76. The fourth-order valence-corrected chi connectivity index (χ4v) is 5.47. The standard InChI is InChI=1S/C27H31ClF3N3O4/c1-33(2)24(35)20-8-9-22(32-23(20)28)38-15-12-18-16-21(18)17-10-13-34(14-11-17)25(36)26(37,27(29,30)31)19-6-4-3-5-7-19/h3-9,17-18,21,37H,10-16H2,1-2H3/t18-,21?,26?/m1/s1. The number of carbonyl (C=O) groups excluding carboxylic acids is 2. The predicted molar refractivity (Wildman–Crippen MR) is 135 cm³/mol. The molecule has 38 heavy (non-hydrogen) atoms. The molecule has 2 aliphatic rings. The molecule has 7 nitrogen and oxygen atoms in total. The van der Waals surface area contributed by atoms with Crippen molar-refractivity contribution in [2.24, 2.45) is 17.8 Å². The van der Waals surface area contributed by atoms with Gasteiger partial charge in [-0.25, -0.2) is 4.98 Å². The van der Waals surface area contributed by atoms with Gasteiger partial charge in [-0.1, -0.05) is 41.9 Å². The van der Waals surface area contributed by atoms with Gasteiger partial charge in [0.1, 0.15) is 5.15 Å². The smallest absolute Gasteiger partial charge is 0.430 e. The maximum Gasteiger partial charge on any atom is 0.430 e. The molecule has 1 aliphatic heterocycles. The van der Waals surface area contributed by atoms with Crippen LogP contribution in [0.2, 0.25) is 5.15 Å². The van der Waals surface area contributed by atoms with E-state index in [9.17, 15) is 27.9 Å². The average molecular weight is 554 g/mol. The largest absolute Gasteiger partial charge is 0.478 e. The Morgan fingerprint density at radius 2 is 1.79 bits per heavy atom. The highest BCUT2D eigenvalue weighted by molar-refractivity contribution is 6.32. The van der Waals surface area contributed by atoms with E-state index in [0.717, 1.165) is 29.9 Å². The van der Waals surface area contributed by atoms with Crippen LogP contribution in [0.1, 0.15) is 41.6 Å². The Labute approximate surface area is 224 Å². The summed E-state index contributed by atoms with van der Waals surface area (Å²) < 4.78 is 47.3. The second-order valence-corrected chi connectivity index (χ2v) is 10.5. The summed E-state index contributed by atoms with van der Waals surface area (Å²) in [4.78, 5) is 31.7. The van der Waals surface area contributed by atoms with Crippen molar-refractivity contribution >= 4 is 23.4 Å². The molecule has 206 valence electrons. The molecule has 4 rings (SSSR count). The van der Waals surface area contributed by atoms with Crippen molar-refractivity contribution in [3.63, 3.8) is 0 Å². The number of pyridine rings is 1. The molecule has 2 aromatic rings. The number of likely N-dealkylation sites (tertiary alicyclic amines) is 1. The van der Waals surface area contributed by atoms with Crippen molar-refractivity contribution in [3.05, 3.63) is 58.7 Å². The van der Waals surface area contributed by atoms with E-state index in [1.165, 1.54) is 23.1 Å². The minimum atomic E-state index is -5.13. The van der Waals surface area contributed by atoms with Gasteiger partial charge in [0.2, 0.25) is 5.88 Å². The van der Waals surface area contributed by atoms with E-state index in [1.807, 2.05) is 0 Å². The van der Waals surface area contributed by atoms with Gasteiger partial charge >= 0.3 is 6.18 Å². The molecule has 1 saturated carbocycles. The Balaban J connectivity index is 1.26. The van der Waals surface area contributed by atoms with E-state index < -0.39 is 23.2 Å². The third-order valence-corrected chi connectivity index (χ3v) is 7.81. The number of piperidine rings is 1. The quantitative estimate of drug-likeness (QED) is 0.486. The number of rotatable bonds is 8. The molecule has 11 heteroatoms. The molecule has 1 aromatic carbocycles. The lowest BCUT2D eigenvalue weighted by Gasteiger charge is -2.38. The van der Waals surface area contributed by atoms with Crippen LogP contribution in [0.4, 0.5) is 13.2 Å². The van der Waals surface area contributed by atoms with Gasteiger partial charge in [-0.3, -0.25) is 9.59 Å². The number of ether oxygens (including phenoxy) is 1. The summed E-state index contributed by atoms with van der Waals surface area (Å²) in [6, 6.07) is 9.70. The zero-order valence-electron chi connectivity index (χ0n) is 21.2. The normalized spacial score (nSPS) is 21.5. The SMILES string of the molecule is CN(C)C(=O)c1ccc(OCC[C@@H]2CC2C2CCN(C(=O)C(O)(c3ccccc3)C(F)(F)F)CC2)nc1Cl. The Morgan fingerprint density at radius 3 is 2.37 bits per heavy atom. The van der Waals surface area contributed by atoms with Crippen molar-refractivity contribution in [1.29, 1.82) is 0 Å². The molecule has 0 spiro atoms. The van der Waals surface area contributed by atoms with E-state index >= 15 is 0 Å². The van der Waals surface area contributed by atoms with Gasteiger partial charge in [0.05, 0.1) is 12.2 Å². The number of hydrogen-bond acceptors (Lipinski definition) is 5. The maximum absolute atomic E-state index is 13.9. The summed E-state index contributed by atoms with van der Waals surface area (Å²) in [7, 11) is 3.26. The molecule has 2 unspecified atom stereocenters. The number of benzene rings is 1. The first-order valence-electron chi connectivity index (χ1n) is 12.6. The fraction of sp³-hybridized carbons (Fsp3) is 0.519. The Kier molecular flexibility index (Phi) is 8.23. The molecule has 0 radical (unpaired) electrons. The first-order valence-corrected chi connectivity index (χ1v) is 13.0. The minimum Gasteiger partial charge on any atom is -0.478 e. The monoisotopic (exact) mass is 553 g/mol. The van der Waals surface area contributed by atoms with Crippen molar-refractivity contribution in [3.8, 4) is 5.88 Å². The molecule has 2 heterocycles. The highest BCUT2D eigenvalue weighted by atomic mass is 35.5. The van der Waals surface area contributed by atoms with Crippen molar-refractivity contribution < 1.29 is 32.6 Å². The van der Waals surface area contributed by atoms with Crippen molar-refractivity contribution in [2.45, 2.75) is 37.5 Å². The number of nitrogens with zero attached hydrogens (tertiary/aromatic N) is 3. The molecule has 2 amide bonds. The first kappa shape index (κ1) is 28.2. The van der Waals surface area contributed by atoms with E-state index in [4.69, 9.17) is 16.3 Å². The molecule has 3 atom stereocenters. The third-order valence-electron chi connectivity index (χ3n) is 7.52. The lowest BCUT2D eigenvalue weighted by atomic mass is 9.87. The van der Waals surface area contributed by atoms with Crippen LogP contribution in [0.25, 0.3) is 0 Å². The van der Waals surface area contributed by atoms with Crippen LogP contribution in [0, 0.1) is 17.8 Å². The summed E-state index contributed by atoms with van der Waals surface area (Å²) in [5.41, 5.74) is -3.74. The van der Waals surface area contributed by atoms with Gasteiger partial charge < -0.3 is 19.6 Å². The average Bonchev–Trinajstić information content (AvgIpc) is 3.67. The number of carbonyl (C=O) groups is 2. The van der Waals surface area contributed by atoms with E-state index in [2.05, 4.69) is 4.98 Å². The molecule has 0 bridgehead atoms. The van der Waals surface area contributed by atoms with Crippen LogP contribution in [-0.4, -0.2) is 71.7 Å². The summed E-state index contributed by atoms with van der Waals surface area (Å²) >= 11 is 6.12. The van der Waals surface area contributed by atoms with Crippen LogP contribution in [0.3, 0.4) is 0 Å². The highest BCUT2D eigenvalue weighted by Crippen LogP contribution is 2.50. The van der Waals surface area contributed by atoms with E-state index in [1.54, 1.807) is 26.2 Å². The molecule has 1 N–H and O–H groups in total. The number of halogens is 4. The molecular formula is C27H31ClF3N3O4. The van der Waals surface area contributed by atoms with Crippen LogP contribution in [0.5, 0.6) is 5.88 Å². The lowest BCUT2D eigenvalue weighted by Crippen LogP contribution is -2.57. The number of alkyl halides is 3. The lowest BCUT2D eigenvalue weighted by molar-refractivity contribution is -0.262. The second kappa shape index (κ2) is 11.1. The number of hydrogen-bond donors (Lipinski definition) is 1. The van der Waals surface area contributed by atoms with Gasteiger partial charge in [0, 0.05) is 38.8 Å². The molecule has 1 aromatic heterocycles. The second-order valence-electron chi connectivity index (χ2n) is 10.2. The van der Waals surface area contributed by atoms with Gasteiger partial charge in [-0.2, -0.15) is 13.2 Å². The number of amides is 2.